The zero-order valence-corrected chi connectivity index (χ0v) is 11.1. The summed E-state index contributed by atoms with van der Waals surface area (Å²) in [4.78, 5) is 0. The van der Waals surface area contributed by atoms with E-state index in [-0.39, 0.29) is 5.82 Å². The fourth-order valence-corrected chi connectivity index (χ4v) is 2.24. The Hall–Kier alpha value is -1.68. The molecule has 0 aliphatic heterocycles. The van der Waals surface area contributed by atoms with Crippen LogP contribution in [0.3, 0.4) is 0 Å². The van der Waals surface area contributed by atoms with Gasteiger partial charge in [0.15, 0.2) is 0 Å². The monoisotopic (exact) mass is 259 g/mol. The molecule has 3 rings (SSSR count). The molecule has 1 heterocycles. The molecule has 0 radical (unpaired) electrons. The summed E-state index contributed by atoms with van der Waals surface area (Å²) in [6.45, 7) is 3.47. The summed E-state index contributed by atoms with van der Waals surface area (Å²) >= 11 is 0. The van der Waals surface area contributed by atoms with Crippen molar-refractivity contribution in [2.24, 2.45) is 0 Å². The van der Waals surface area contributed by atoms with Gasteiger partial charge in [-0.25, -0.2) is 4.39 Å². The second-order valence-corrected chi connectivity index (χ2v) is 4.99. The number of rotatable bonds is 5. The lowest BCUT2D eigenvalue weighted by Crippen LogP contribution is -2.16. The Balaban J connectivity index is 1.87. The Bertz CT molecular complexity index is 573. The summed E-state index contributed by atoms with van der Waals surface area (Å²) < 4.78 is 15.7. The predicted octanol–water partition coefficient (Wildman–Crippen LogP) is 2.96. The molecule has 100 valence electrons. The van der Waals surface area contributed by atoms with Crippen molar-refractivity contribution in [2.75, 3.05) is 0 Å². The molecule has 1 fully saturated rings. The van der Waals surface area contributed by atoms with Gasteiger partial charge in [-0.15, -0.1) is 0 Å². The average molecular weight is 259 g/mol. The zero-order valence-electron chi connectivity index (χ0n) is 11.1. The highest BCUT2D eigenvalue weighted by Gasteiger charge is 2.20. The van der Waals surface area contributed by atoms with E-state index < -0.39 is 0 Å². The topological polar surface area (TPSA) is 29.9 Å². The summed E-state index contributed by atoms with van der Waals surface area (Å²) in [7, 11) is 0. The lowest BCUT2D eigenvalue weighted by atomic mass is 10.1. The van der Waals surface area contributed by atoms with Gasteiger partial charge in [0.05, 0.1) is 5.69 Å². The largest absolute Gasteiger partial charge is 0.310 e. The van der Waals surface area contributed by atoms with Crippen molar-refractivity contribution in [3.63, 3.8) is 0 Å². The van der Waals surface area contributed by atoms with Gasteiger partial charge in [-0.05, 0) is 44.0 Å². The molecule has 1 aromatic heterocycles. The van der Waals surface area contributed by atoms with Crippen LogP contribution in [0, 0.1) is 5.82 Å². The van der Waals surface area contributed by atoms with Gasteiger partial charge in [-0.1, -0.05) is 0 Å². The molecule has 0 amide bonds. The molecule has 19 heavy (non-hydrogen) atoms. The second-order valence-electron chi connectivity index (χ2n) is 4.99. The highest BCUT2D eigenvalue weighted by atomic mass is 19.1. The average Bonchev–Trinajstić information content (AvgIpc) is 3.13. The third-order valence-corrected chi connectivity index (χ3v) is 3.52. The van der Waals surface area contributed by atoms with E-state index in [1.165, 1.54) is 12.8 Å². The Morgan fingerprint density at radius 3 is 2.95 bits per heavy atom. The standard InChI is InChI=1S/C15H18FN3/c1-2-19-15(7-8-18-19)11-3-6-14(16)12(9-11)10-17-13-4-5-13/h3,6-9,13,17H,2,4-5,10H2,1H3. The minimum atomic E-state index is -0.139. The lowest BCUT2D eigenvalue weighted by molar-refractivity contribution is 0.587. The quantitative estimate of drug-likeness (QED) is 0.894. The van der Waals surface area contributed by atoms with Gasteiger partial charge in [-0.3, -0.25) is 4.68 Å². The molecule has 1 N–H and O–H groups in total. The number of nitrogens with one attached hydrogen (secondary N) is 1. The summed E-state index contributed by atoms with van der Waals surface area (Å²) in [5, 5.41) is 7.61. The first kappa shape index (κ1) is 12.4. The van der Waals surface area contributed by atoms with Gasteiger partial charge in [0.25, 0.3) is 0 Å². The van der Waals surface area contributed by atoms with E-state index in [1.54, 1.807) is 12.3 Å². The molecular formula is C15H18FN3. The first-order chi connectivity index (χ1) is 9.28. The maximum absolute atomic E-state index is 13.8. The van der Waals surface area contributed by atoms with E-state index in [2.05, 4.69) is 17.3 Å². The van der Waals surface area contributed by atoms with E-state index >= 15 is 0 Å². The van der Waals surface area contributed by atoms with E-state index in [0.29, 0.717) is 12.6 Å². The van der Waals surface area contributed by atoms with E-state index in [4.69, 9.17) is 0 Å². The summed E-state index contributed by atoms with van der Waals surface area (Å²) in [6, 6.07) is 7.85. The van der Waals surface area contributed by atoms with Gasteiger partial charge < -0.3 is 5.32 Å². The summed E-state index contributed by atoms with van der Waals surface area (Å²) in [5.41, 5.74) is 2.79. The van der Waals surface area contributed by atoms with Gasteiger partial charge in [-0.2, -0.15) is 5.10 Å². The summed E-state index contributed by atoms with van der Waals surface area (Å²) in [6.07, 6.45) is 4.21. The normalized spacial score (nSPS) is 14.8. The third-order valence-electron chi connectivity index (χ3n) is 3.52. The van der Waals surface area contributed by atoms with Gasteiger partial charge in [0, 0.05) is 36.5 Å². The zero-order chi connectivity index (χ0) is 13.2. The maximum Gasteiger partial charge on any atom is 0.127 e. The van der Waals surface area contributed by atoms with E-state index in [1.807, 2.05) is 22.9 Å². The van der Waals surface area contributed by atoms with Crippen molar-refractivity contribution in [3.8, 4) is 11.3 Å². The van der Waals surface area contributed by atoms with Crippen molar-refractivity contribution in [1.29, 1.82) is 0 Å². The van der Waals surface area contributed by atoms with Crippen LogP contribution in [-0.2, 0) is 13.1 Å². The molecule has 0 unspecified atom stereocenters. The van der Waals surface area contributed by atoms with Crippen LogP contribution in [0.5, 0.6) is 0 Å². The third kappa shape index (κ3) is 2.68. The summed E-state index contributed by atoms with van der Waals surface area (Å²) in [5.74, 6) is -0.139. The lowest BCUT2D eigenvalue weighted by Gasteiger charge is -2.09. The number of benzene rings is 1. The Kier molecular flexibility index (Phi) is 3.34. The van der Waals surface area contributed by atoms with Crippen LogP contribution in [0.15, 0.2) is 30.5 Å². The second kappa shape index (κ2) is 5.13. The molecule has 4 heteroatoms. The number of aromatic nitrogens is 2. The molecule has 0 bridgehead atoms. The van der Waals surface area contributed by atoms with Crippen molar-refractivity contribution in [1.82, 2.24) is 15.1 Å². The van der Waals surface area contributed by atoms with Gasteiger partial charge in [0.2, 0.25) is 0 Å². The Labute approximate surface area is 112 Å². The van der Waals surface area contributed by atoms with Crippen molar-refractivity contribution < 1.29 is 4.39 Å². The fourth-order valence-electron chi connectivity index (χ4n) is 2.24. The predicted molar refractivity (Wildman–Crippen MR) is 73.2 cm³/mol. The minimum absolute atomic E-state index is 0.139. The van der Waals surface area contributed by atoms with Crippen LogP contribution >= 0.6 is 0 Å². The Morgan fingerprint density at radius 2 is 2.21 bits per heavy atom. The van der Waals surface area contributed by atoms with E-state index in [0.717, 1.165) is 23.4 Å². The van der Waals surface area contributed by atoms with Crippen LogP contribution in [0.25, 0.3) is 11.3 Å². The smallest absolute Gasteiger partial charge is 0.127 e. The number of hydrogen-bond donors (Lipinski definition) is 1. The van der Waals surface area contributed by atoms with Crippen molar-refractivity contribution in [3.05, 3.63) is 41.8 Å². The molecule has 0 saturated heterocycles. The molecule has 2 aromatic rings. The number of nitrogens with zero attached hydrogens (tertiary/aromatic N) is 2. The molecule has 1 aromatic carbocycles. The van der Waals surface area contributed by atoms with Crippen molar-refractivity contribution in [2.45, 2.75) is 38.9 Å². The van der Waals surface area contributed by atoms with Crippen LogP contribution in [0.2, 0.25) is 0 Å². The molecular weight excluding hydrogens is 241 g/mol. The number of halogens is 1. The first-order valence-electron chi connectivity index (χ1n) is 6.82. The van der Waals surface area contributed by atoms with Gasteiger partial charge >= 0.3 is 0 Å². The van der Waals surface area contributed by atoms with Crippen LogP contribution in [-0.4, -0.2) is 15.8 Å². The number of hydrogen-bond acceptors (Lipinski definition) is 2. The van der Waals surface area contributed by atoms with Crippen molar-refractivity contribution >= 4 is 0 Å². The van der Waals surface area contributed by atoms with Crippen LogP contribution in [0.4, 0.5) is 4.39 Å². The molecule has 0 atom stereocenters. The number of aryl methyl sites for hydroxylation is 1. The highest BCUT2D eigenvalue weighted by molar-refractivity contribution is 5.60. The molecule has 1 saturated carbocycles. The Morgan fingerprint density at radius 1 is 1.37 bits per heavy atom. The minimum Gasteiger partial charge on any atom is -0.310 e. The van der Waals surface area contributed by atoms with E-state index in [9.17, 15) is 4.39 Å². The molecule has 1 aliphatic carbocycles. The first-order valence-corrected chi connectivity index (χ1v) is 6.82. The highest BCUT2D eigenvalue weighted by Crippen LogP contribution is 2.24. The molecule has 1 aliphatic rings. The van der Waals surface area contributed by atoms with Gasteiger partial charge in [0.1, 0.15) is 5.82 Å². The molecule has 3 nitrogen and oxygen atoms in total. The van der Waals surface area contributed by atoms with Crippen LogP contribution < -0.4 is 5.32 Å². The molecule has 0 spiro atoms. The van der Waals surface area contributed by atoms with Crippen LogP contribution in [0.1, 0.15) is 25.3 Å². The maximum atomic E-state index is 13.8. The SMILES string of the molecule is CCn1nccc1-c1ccc(F)c(CNC2CC2)c1. The fraction of sp³-hybridized carbons (Fsp3) is 0.400.